The Morgan fingerprint density at radius 2 is 2.21 bits per heavy atom. The molecule has 0 saturated carbocycles. The number of pyridine rings is 2. The molecule has 0 saturated heterocycles. The van der Waals surface area contributed by atoms with E-state index in [4.69, 9.17) is 5.73 Å². The van der Waals surface area contributed by atoms with Crippen molar-refractivity contribution in [2.45, 2.75) is 57.5 Å². The lowest BCUT2D eigenvalue weighted by Gasteiger charge is -2.29. The molecular weight excluding hydrogens is 296 g/mol. The molecule has 2 unspecified atom stereocenters. The van der Waals surface area contributed by atoms with Crippen molar-refractivity contribution in [2.75, 3.05) is 6.54 Å². The zero-order valence-corrected chi connectivity index (χ0v) is 14.5. The molecule has 0 bridgehead atoms. The molecule has 0 aliphatic heterocycles. The highest BCUT2D eigenvalue weighted by Crippen LogP contribution is 2.28. The van der Waals surface area contributed by atoms with Crippen molar-refractivity contribution in [3.05, 3.63) is 59.2 Å². The van der Waals surface area contributed by atoms with Gasteiger partial charge >= 0.3 is 0 Å². The van der Waals surface area contributed by atoms with Gasteiger partial charge in [0.2, 0.25) is 0 Å². The van der Waals surface area contributed by atoms with E-state index in [0.29, 0.717) is 12.1 Å². The van der Waals surface area contributed by atoms with Gasteiger partial charge in [-0.2, -0.15) is 0 Å². The standard InChI is InChI=1S/C20H28N4/c1-15-9-12-22-18(13-15)14-17(7-3-10-21)24-19-8-2-5-16-6-4-11-23-20(16)19/h4,6,9,11-13,17,19,24H,2-3,5,7-8,10,14,21H2,1H3. The van der Waals surface area contributed by atoms with Gasteiger partial charge in [0.25, 0.3) is 0 Å². The van der Waals surface area contributed by atoms with Crippen LogP contribution in [0.15, 0.2) is 36.7 Å². The molecule has 3 rings (SSSR count). The van der Waals surface area contributed by atoms with Crippen LogP contribution in [-0.4, -0.2) is 22.6 Å². The van der Waals surface area contributed by atoms with Gasteiger partial charge in [0.15, 0.2) is 0 Å². The molecule has 0 radical (unpaired) electrons. The average molecular weight is 324 g/mol. The molecule has 2 aromatic heterocycles. The SMILES string of the molecule is Cc1ccnc(CC(CCCN)NC2CCCc3cccnc32)c1. The molecule has 2 heterocycles. The van der Waals surface area contributed by atoms with Gasteiger partial charge in [-0.05, 0) is 74.9 Å². The molecule has 0 spiro atoms. The second-order valence-corrected chi connectivity index (χ2v) is 6.82. The fourth-order valence-electron chi connectivity index (χ4n) is 3.63. The number of nitrogens with zero attached hydrogens (tertiary/aromatic N) is 2. The van der Waals surface area contributed by atoms with Crippen LogP contribution in [-0.2, 0) is 12.8 Å². The lowest BCUT2D eigenvalue weighted by Crippen LogP contribution is -2.37. The Bertz CT molecular complexity index is 656. The Morgan fingerprint density at radius 1 is 1.29 bits per heavy atom. The third-order valence-corrected chi connectivity index (χ3v) is 4.82. The average Bonchev–Trinajstić information content (AvgIpc) is 2.60. The molecule has 2 atom stereocenters. The van der Waals surface area contributed by atoms with Gasteiger partial charge in [0.1, 0.15) is 0 Å². The van der Waals surface area contributed by atoms with Crippen LogP contribution in [0.2, 0.25) is 0 Å². The minimum atomic E-state index is 0.350. The van der Waals surface area contributed by atoms with Gasteiger partial charge in [-0.25, -0.2) is 0 Å². The minimum Gasteiger partial charge on any atom is -0.330 e. The number of fused-ring (bicyclic) bond motifs is 1. The first kappa shape index (κ1) is 17.1. The third-order valence-electron chi connectivity index (χ3n) is 4.82. The summed E-state index contributed by atoms with van der Waals surface area (Å²) >= 11 is 0. The third kappa shape index (κ3) is 4.40. The zero-order chi connectivity index (χ0) is 16.8. The summed E-state index contributed by atoms with van der Waals surface area (Å²) < 4.78 is 0. The molecule has 0 amide bonds. The van der Waals surface area contributed by atoms with Crippen molar-refractivity contribution in [2.24, 2.45) is 5.73 Å². The topological polar surface area (TPSA) is 63.8 Å². The zero-order valence-electron chi connectivity index (χ0n) is 14.5. The summed E-state index contributed by atoms with van der Waals surface area (Å²) in [5.74, 6) is 0. The molecule has 128 valence electrons. The summed E-state index contributed by atoms with van der Waals surface area (Å²) in [6.45, 7) is 2.85. The summed E-state index contributed by atoms with van der Waals surface area (Å²) in [7, 11) is 0. The van der Waals surface area contributed by atoms with E-state index in [1.165, 1.54) is 23.2 Å². The Hall–Kier alpha value is -1.78. The number of hydrogen-bond acceptors (Lipinski definition) is 4. The first-order valence-corrected chi connectivity index (χ1v) is 9.07. The quantitative estimate of drug-likeness (QED) is 0.821. The Morgan fingerprint density at radius 3 is 3.04 bits per heavy atom. The molecule has 1 aliphatic rings. The van der Waals surface area contributed by atoms with Gasteiger partial charge in [0, 0.05) is 36.6 Å². The maximum atomic E-state index is 5.75. The van der Waals surface area contributed by atoms with E-state index < -0.39 is 0 Å². The van der Waals surface area contributed by atoms with Gasteiger partial charge in [-0.1, -0.05) is 6.07 Å². The number of nitrogens with two attached hydrogens (primary N) is 1. The largest absolute Gasteiger partial charge is 0.330 e. The van der Waals surface area contributed by atoms with E-state index in [9.17, 15) is 0 Å². The fraction of sp³-hybridized carbons (Fsp3) is 0.500. The number of nitrogens with one attached hydrogen (secondary N) is 1. The molecule has 0 aromatic carbocycles. The predicted molar refractivity (Wildman–Crippen MR) is 97.8 cm³/mol. The maximum absolute atomic E-state index is 5.75. The van der Waals surface area contributed by atoms with Crippen LogP contribution in [0.4, 0.5) is 0 Å². The van der Waals surface area contributed by atoms with Crippen LogP contribution in [0, 0.1) is 6.92 Å². The second-order valence-electron chi connectivity index (χ2n) is 6.82. The summed E-state index contributed by atoms with van der Waals surface area (Å²) in [6, 6.07) is 9.23. The van der Waals surface area contributed by atoms with E-state index in [1.54, 1.807) is 0 Å². The molecule has 2 aromatic rings. The predicted octanol–water partition coefficient (Wildman–Crippen LogP) is 3.10. The highest BCUT2D eigenvalue weighted by molar-refractivity contribution is 5.25. The van der Waals surface area contributed by atoms with Crippen molar-refractivity contribution >= 4 is 0 Å². The van der Waals surface area contributed by atoms with Gasteiger partial charge < -0.3 is 11.1 Å². The smallest absolute Gasteiger partial charge is 0.0605 e. The number of aryl methyl sites for hydroxylation is 2. The highest BCUT2D eigenvalue weighted by Gasteiger charge is 2.24. The summed E-state index contributed by atoms with van der Waals surface area (Å²) in [5, 5.41) is 3.86. The fourth-order valence-corrected chi connectivity index (χ4v) is 3.63. The Kier molecular flexibility index (Phi) is 5.94. The van der Waals surface area contributed by atoms with E-state index in [0.717, 1.165) is 44.3 Å². The Labute approximate surface area is 144 Å². The van der Waals surface area contributed by atoms with Gasteiger partial charge in [0.05, 0.1) is 5.69 Å². The van der Waals surface area contributed by atoms with E-state index in [2.05, 4.69) is 34.3 Å². The van der Waals surface area contributed by atoms with Crippen LogP contribution < -0.4 is 11.1 Å². The van der Waals surface area contributed by atoms with Crippen LogP contribution >= 0.6 is 0 Å². The molecule has 3 N–H and O–H groups in total. The Balaban J connectivity index is 1.72. The lowest BCUT2D eigenvalue weighted by atomic mass is 9.90. The van der Waals surface area contributed by atoms with E-state index in [1.807, 2.05) is 24.5 Å². The lowest BCUT2D eigenvalue weighted by molar-refractivity contribution is 0.365. The first-order chi connectivity index (χ1) is 11.8. The first-order valence-electron chi connectivity index (χ1n) is 9.07. The van der Waals surface area contributed by atoms with Crippen LogP contribution in [0.25, 0.3) is 0 Å². The number of rotatable bonds is 7. The van der Waals surface area contributed by atoms with Gasteiger partial charge in [-0.15, -0.1) is 0 Å². The second kappa shape index (κ2) is 8.36. The molecular formula is C20H28N4. The normalized spacial score (nSPS) is 18.2. The minimum absolute atomic E-state index is 0.350. The van der Waals surface area contributed by atoms with E-state index in [-0.39, 0.29) is 0 Å². The monoisotopic (exact) mass is 324 g/mol. The van der Waals surface area contributed by atoms with Crippen molar-refractivity contribution in [1.82, 2.24) is 15.3 Å². The molecule has 0 fully saturated rings. The number of aromatic nitrogens is 2. The number of hydrogen-bond donors (Lipinski definition) is 2. The van der Waals surface area contributed by atoms with E-state index >= 15 is 0 Å². The van der Waals surface area contributed by atoms with Crippen molar-refractivity contribution in [3.8, 4) is 0 Å². The molecule has 4 heteroatoms. The van der Waals surface area contributed by atoms with Crippen LogP contribution in [0.3, 0.4) is 0 Å². The van der Waals surface area contributed by atoms with Crippen molar-refractivity contribution in [3.63, 3.8) is 0 Å². The van der Waals surface area contributed by atoms with Crippen molar-refractivity contribution in [1.29, 1.82) is 0 Å². The summed E-state index contributed by atoms with van der Waals surface area (Å²) in [6.07, 6.45) is 10.4. The van der Waals surface area contributed by atoms with Gasteiger partial charge in [-0.3, -0.25) is 9.97 Å². The van der Waals surface area contributed by atoms with Crippen molar-refractivity contribution < 1.29 is 0 Å². The maximum Gasteiger partial charge on any atom is 0.0605 e. The molecule has 4 nitrogen and oxygen atoms in total. The highest BCUT2D eigenvalue weighted by atomic mass is 15.0. The summed E-state index contributed by atoms with van der Waals surface area (Å²) in [4.78, 5) is 9.19. The molecule has 1 aliphatic carbocycles. The molecule has 24 heavy (non-hydrogen) atoms. The van der Waals surface area contributed by atoms with Crippen LogP contribution in [0.1, 0.15) is 54.2 Å². The van der Waals surface area contributed by atoms with Crippen LogP contribution in [0.5, 0.6) is 0 Å². The summed E-state index contributed by atoms with van der Waals surface area (Å²) in [5.41, 5.74) is 10.8.